The highest BCUT2D eigenvalue weighted by molar-refractivity contribution is 6.03. The summed E-state index contributed by atoms with van der Waals surface area (Å²) in [7, 11) is 0. The van der Waals surface area contributed by atoms with Gasteiger partial charge in [-0.15, -0.1) is 0 Å². The molecule has 0 amide bonds. The molecule has 5 heteroatoms. The number of rotatable bonds is 4. The van der Waals surface area contributed by atoms with Crippen LogP contribution in [0.3, 0.4) is 0 Å². The lowest BCUT2D eigenvalue weighted by Gasteiger charge is -2.12. The molecular weight excluding hydrogens is 454 g/mol. The monoisotopic (exact) mass is 475 g/mol. The summed E-state index contributed by atoms with van der Waals surface area (Å²) < 4.78 is 2.04. The van der Waals surface area contributed by atoms with Gasteiger partial charge in [-0.05, 0) is 29.0 Å². The van der Waals surface area contributed by atoms with Crippen molar-refractivity contribution in [2.24, 2.45) is 0 Å². The second kappa shape index (κ2) is 8.81. The van der Waals surface area contributed by atoms with E-state index in [1.54, 1.807) is 0 Å². The van der Waals surface area contributed by atoms with E-state index in [2.05, 4.69) is 42.6 Å². The van der Waals surface area contributed by atoms with E-state index in [9.17, 15) is 0 Å². The van der Waals surface area contributed by atoms with Crippen LogP contribution in [0.5, 0.6) is 0 Å². The summed E-state index contributed by atoms with van der Waals surface area (Å²) >= 11 is 0. The van der Waals surface area contributed by atoms with Gasteiger partial charge in [-0.1, -0.05) is 97.1 Å². The molecule has 0 aliphatic heterocycles. The van der Waals surface area contributed by atoms with Crippen molar-refractivity contribution < 1.29 is 0 Å². The summed E-state index contributed by atoms with van der Waals surface area (Å²) in [6.45, 7) is 0. The predicted octanol–water partition coefficient (Wildman–Crippen LogP) is 7.34. The molecule has 0 saturated heterocycles. The van der Waals surface area contributed by atoms with Crippen LogP contribution >= 0.6 is 0 Å². The van der Waals surface area contributed by atoms with Crippen LogP contribution in [-0.2, 0) is 0 Å². The molecule has 0 N–H and O–H groups in total. The van der Waals surface area contributed by atoms with Crippen molar-refractivity contribution in [3.05, 3.63) is 128 Å². The molecule has 0 spiro atoms. The van der Waals surface area contributed by atoms with Gasteiger partial charge in [0, 0.05) is 34.6 Å². The Morgan fingerprint density at radius 1 is 0.432 bits per heavy atom. The fourth-order valence-electron chi connectivity index (χ4n) is 4.71. The fourth-order valence-corrected chi connectivity index (χ4v) is 4.71. The van der Waals surface area contributed by atoms with Crippen molar-refractivity contribution in [1.29, 1.82) is 0 Å². The van der Waals surface area contributed by atoms with Gasteiger partial charge in [0.25, 0.3) is 0 Å². The predicted molar refractivity (Wildman–Crippen MR) is 148 cm³/mol. The highest BCUT2D eigenvalue weighted by Gasteiger charge is 2.16. The van der Waals surface area contributed by atoms with Crippen LogP contribution in [-0.4, -0.2) is 24.3 Å². The van der Waals surface area contributed by atoms with Gasteiger partial charge in [-0.25, -0.2) is 19.9 Å². The van der Waals surface area contributed by atoms with Crippen LogP contribution in [0.4, 0.5) is 0 Å². The van der Waals surface area contributed by atoms with Gasteiger partial charge in [0.1, 0.15) is 5.65 Å². The van der Waals surface area contributed by atoms with E-state index in [0.717, 1.165) is 44.4 Å². The highest BCUT2D eigenvalue weighted by atomic mass is 15.0. The molecule has 0 atom stereocenters. The molecule has 37 heavy (non-hydrogen) atoms. The van der Waals surface area contributed by atoms with Crippen LogP contribution in [0.1, 0.15) is 0 Å². The molecule has 0 radical (unpaired) electrons. The largest absolute Gasteiger partial charge is 0.306 e. The second-order valence-electron chi connectivity index (χ2n) is 8.84. The maximum Gasteiger partial charge on any atom is 0.164 e. The number of fused-ring (bicyclic) bond motifs is 2. The Hall–Kier alpha value is -5.16. The average molecular weight is 476 g/mol. The molecule has 0 saturated carbocycles. The number of benzene rings is 4. The van der Waals surface area contributed by atoms with E-state index in [0.29, 0.717) is 17.5 Å². The van der Waals surface area contributed by atoms with Crippen molar-refractivity contribution in [3.63, 3.8) is 0 Å². The average Bonchev–Trinajstić information content (AvgIpc) is 3.41. The first-order valence-electron chi connectivity index (χ1n) is 12.2. The molecule has 0 aliphatic carbocycles. The minimum atomic E-state index is 0.644. The number of nitrogens with zero attached hydrogens (tertiary/aromatic N) is 5. The molecule has 0 aliphatic rings. The second-order valence-corrected chi connectivity index (χ2v) is 8.84. The zero-order chi connectivity index (χ0) is 24.6. The molecule has 5 nitrogen and oxygen atoms in total. The fraction of sp³-hybridized carbons (Fsp3) is 0. The maximum absolute atomic E-state index is 4.94. The summed E-state index contributed by atoms with van der Waals surface area (Å²) in [6, 6.07) is 38.7. The molecule has 0 bridgehead atoms. The quantitative estimate of drug-likeness (QED) is 0.267. The molecule has 7 aromatic rings. The lowest BCUT2D eigenvalue weighted by Crippen LogP contribution is -2.00. The SMILES string of the molecule is c1ccc(-c2nc(-c3ccccc3)nc(-c3ccc(-c4cn5ccccc5n4)c4ccccc34)n2)cc1. The van der Waals surface area contributed by atoms with Gasteiger partial charge in [0.2, 0.25) is 0 Å². The van der Waals surface area contributed by atoms with Crippen molar-refractivity contribution in [3.8, 4) is 45.4 Å². The third kappa shape index (κ3) is 3.83. The van der Waals surface area contributed by atoms with Crippen LogP contribution in [0.2, 0.25) is 0 Å². The summed E-state index contributed by atoms with van der Waals surface area (Å²) in [6.07, 6.45) is 4.09. The molecule has 174 valence electrons. The minimum Gasteiger partial charge on any atom is -0.306 e. The van der Waals surface area contributed by atoms with Gasteiger partial charge < -0.3 is 4.40 Å². The third-order valence-corrected chi connectivity index (χ3v) is 6.50. The standard InChI is InChI=1S/C32H21N5/c1-3-11-22(12-4-1)30-34-31(23-13-5-2-6-14-23)36-32(35-30)27-19-18-26(24-15-7-8-16-25(24)27)28-21-37-20-10-9-17-29(37)33-28/h1-21H. The Labute approximate surface area is 213 Å². The zero-order valence-corrected chi connectivity index (χ0v) is 19.9. The Bertz CT molecular complexity index is 1780. The summed E-state index contributed by atoms with van der Waals surface area (Å²) in [5.74, 6) is 1.95. The molecule has 0 unspecified atom stereocenters. The smallest absolute Gasteiger partial charge is 0.164 e. The molecule has 0 fully saturated rings. The first-order valence-corrected chi connectivity index (χ1v) is 12.2. The number of imidazole rings is 1. The topological polar surface area (TPSA) is 56.0 Å². The lowest BCUT2D eigenvalue weighted by atomic mass is 9.97. The zero-order valence-electron chi connectivity index (χ0n) is 19.9. The van der Waals surface area contributed by atoms with Crippen LogP contribution < -0.4 is 0 Å². The van der Waals surface area contributed by atoms with Gasteiger partial charge in [0.15, 0.2) is 17.5 Å². The number of pyridine rings is 1. The Morgan fingerprint density at radius 3 is 1.62 bits per heavy atom. The minimum absolute atomic E-state index is 0.644. The van der Waals surface area contributed by atoms with Gasteiger partial charge >= 0.3 is 0 Å². The van der Waals surface area contributed by atoms with E-state index >= 15 is 0 Å². The first-order chi connectivity index (χ1) is 18.3. The molecular formula is C32H21N5. The van der Waals surface area contributed by atoms with E-state index in [4.69, 9.17) is 19.9 Å². The number of hydrogen-bond donors (Lipinski definition) is 0. The molecule has 3 aromatic heterocycles. The van der Waals surface area contributed by atoms with Gasteiger partial charge in [0.05, 0.1) is 5.69 Å². The van der Waals surface area contributed by atoms with Gasteiger partial charge in [-0.3, -0.25) is 0 Å². The van der Waals surface area contributed by atoms with Crippen molar-refractivity contribution in [1.82, 2.24) is 24.3 Å². The van der Waals surface area contributed by atoms with Crippen LogP contribution in [0, 0.1) is 0 Å². The van der Waals surface area contributed by atoms with Crippen LogP contribution in [0.25, 0.3) is 61.8 Å². The third-order valence-electron chi connectivity index (χ3n) is 6.50. The van der Waals surface area contributed by atoms with E-state index < -0.39 is 0 Å². The highest BCUT2D eigenvalue weighted by Crippen LogP contribution is 2.35. The van der Waals surface area contributed by atoms with Gasteiger partial charge in [-0.2, -0.15) is 0 Å². The van der Waals surface area contributed by atoms with E-state index in [-0.39, 0.29) is 0 Å². The molecule has 7 rings (SSSR count). The molecule has 3 heterocycles. The van der Waals surface area contributed by atoms with E-state index in [1.165, 1.54) is 0 Å². The Kier molecular flexibility index (Phi) is 5.03. The Balaban J connectivity index is 1.45. The summed E-state index contributed by atoms with van der Waals surface area (Å²) in [5.41, 5.74) is 5.79. The van der Waals surface area contributed by atoms with Crippen molar-refractivity contribution >= 4 is 16.4 Å². The van der Waals surface area contributed by atoms with Crippen molar-refractivity contribution in [2.75, 3.05) is 0 Å². The summed E-state index contributed by atoms with van der Waals surface area (Å²) in [5, 5.41) is 2.17. The maximum atomic E-state index is 4.94. The Morgan fingerprint density at radius 2 is 0.973 bits per heavy atom. The van der Waals surface area contributed by atoms with Crippen molar-refractivity contribution in [2.45, 2.75) is 0 Å². The normalized spacial score (nSPS) is 11.2. The number of aromatic nitrogens is 5. The molecule has 4 aromatic carbocycles. The van der Waals surface area contributed by atoms with Crippen LogP contribution in [0.15, 0.2) is 128 Å². The summed E-state index contributed by atoms with van der Waals surface area (Å²) in [4.78, 5) is 19.6. The number of hydrogen-bond acceptors (Lipinski definition) is 4. The first kappa shape index (κ1) is 21.1. The van der Waals surface area contributed by atoms with E-state index in [1.807, 2.05) is 89.5 Å². The lowest BCUT2D eigenvalue weighted by molar-refractivity contribution is 1.08.